The first-order chi connectivity index (χ1) is 45.3. The minimum absolute atomic E-state index is 0.0153. The summed E-state index contributed by atoms with van der Waals surface area (Å²) in [6, 6.07) is 0. The number of rotatable bonds is 69. The van der Waals surface area contributed by atoms with E-state index in [4.69, 9.17) is 90.4 Å². The summed E-state index contributed by atoms with van der Waals surface area (Å²) in [5, 5.41) is 8.60. The van der Waals surface area contributed by atoms with Crippen molar-refractivity contribution in [2.24, 2.45) is 0 Å². The lowest BCUT2D eigenvalue weighted by Gasteiger charge is -2.45. The van der Waals surface area contributed by atoms with Crippen molar-refractivity contribution < 1.29 is 205 Å². The molecule has 0 aromatic rings. The van der Waals surface area contributed by atoms with Crippen LogP contribution in [0.15, 0.2) is 0 Å². The van der Waals surface area contributed by atoms with E-state index in [1.807, 2.05) is 0 Å². The second-order valence-electron chi connectivity index (χ2n) is 19.1. The molecule has 0 aliphatic rings. The van der Waals surface area contributed by atoms with Gasteiger partial charge in [0.05, 0.1) is 258 Å². The molecule has 0 spiro atoms. The number of ether oxygens (including phenoxy) is 19. The van der Waals surface area contributed by atoms with Crippen LogP contribution in [0.25, 0.3) is 0 Å². The molecule has 0 aromatic carbocycles. The van der Waals surface area contributed by atoms with Crippen LogP contribution in [0.4, 0.5) is 110 Å². The largest absolute Gasteiger partial charge is 0.460 e. The van der Waals surface area contributed by atoms with Gasteiger partial charge in [0.2, 0.25) is 0 Å². The van der Waals surface area contributed by atoms with E-state index in [1.165, 1.54) is 0 Å². The minimum Gasteiger partial charge on any atom is -0.394 e. The number of halogens is 25. The Bertz CT molecular complexity index is 1930. The van der Waals surface area contributed by atoms with E-state index in [0.29, 0.717) is 165 Å². The van der Waals surface area contributed by atoms with Gasteiger partial charge in [0.15, 0.2) is 0 Å². The molecule has 0 aliphatic heterocycles. The Labute approximate surface area is 539 Å². The summed E-state index contributed by atoms with van der Waals surface area (Å²) in [5.41, 5.74) is 0. The van der Waals surface area contributed by atoms with Crippen LogP contribution in [-0.4, -0.2) is 334 Å². The fourth-order valence-corrected chi connectivity index (χ4v) is 6.47. The molecule has 0 rings (SSSR count). The Hall–Kier alpha value is -2.55. The summed E-state index contributed by atoms with van der Waals surface area (Å²) in [4.78, 5) is 0. The van der Waals surface area contributed by atoms with Gasteiger partial charge in [0, 0.05) is 6.42 Å². The highest BCUT2D eigenvalue weighted by Crippen LogP contribution is 2.68. The third-order valence-corrected chi connectivity index (χ3v) is 11.9. The van der Waals surface area contributed by atoms with Gasteiger partial charge in [-0.25, -0.2) is 0 Å². The Morgan fingerprint density at radius 1 is 0.144 bits per heavy atom. The third kappa shape index (κ3) is 31.5. The van der Waals surface area contributed by atoms with E-state index in [2.05, 4.69) is 4.74 Å². The van der Waals surface area contributed by atoms with Gasteiger partial charge in [-0.2, -0.15) is 110 Å². The summed E-state index contributed by atoms with van der Waals surface area (Å²) >= 11 is 0. The van der Waals surface area contributed by atoms with E-state index in [-0.39, 0.29) is 72.7 Å². The lowest BCUT2D eigenvalue weighted by Crippen LogP contribution is -2.78. The van der Waals surface area contributed by atoms with E-state index in [1.54, 1.807) is 0 Å². The van der Waals surface area contributed by atoms with Crippen LogP contribution < -0.4 is 0 Å². The van der Waals surface area contributed by atoms with Gasteiger partial charge in [0.25, 0.3) is 0 Å². The fraction of sp³-hybridized carbons (Fsp3) is 1.00. The number of alkyl halides is 25. The predicted molar refractivity (Wildman–Crippen MR) is 278 cm³/mol. The van der Waals surface area contributed by atoms with Gasteiger partial charge in [-0.1, -0.05) is 0 Å². The van der Waals surface area contributed by atoms with Crippen LogP contribution in [0.1, 0.15) is 6.42 Å². The van der Waals surface area contributed by atoms with Crippen molar-refractivity contribution >= 4 is 0 Å². The van der Waals surface area contributed by atoms with E-state index in [9.17, 15) is 110 Å². The first kappa shape index (κ1) is 94.5. The smallest absolute Gasteiger partial charge is 0.394 e. The lowest BCUT2D eigenvalue weighted by molar-refractivity contribution is -0.482. The minimum atomic E-state index is -9.64. The Morgan fingerprint density at radius 2 is 0.258 bits per heavy atom. The topological polar surface area (TPSA) is 196 Å². The zero-order chi connectivity index (χ0) is 73.7. The summed E-state index contributed by atoms with van der Waals surface area (Å²) in [6.45, 7) is 7.13. The summed E-state index contributed by atoms with van der Waals surface area (Å²) in [6.07, 6.45) is -11.2. The second-order valence-corrected chi connectivity index (χ2v) is 19.1. The highest BCUT2D eigenvalue weighted by atomic mass is 19.4. The first-order valence-electron chi connectivity index (χ1n) is 29.1. The molecule has 584 valence electrons. The van der Waals surface area contributed by atoms with Crippen molar-refractivity contribution in [3.63, 3.8) is 0 Å². The van der Waals surface area contributed by atoms with Gasteiger partial charge in [-0.05, 0) is 0 Å². The molecular weight excluding hydrogens is 1420 g/mol. The molecule has 0 fully saturated rings. The van der Waals surface area contributed by atoms with Crippen molar-refractivity contribution in [2.75, 3.05) is 258 Å². The van der Waals surface area contributed by atoms with Gasteiger partial charge >= 0.3 is 71.3 Å². The lowest BCUT2D eigenvalue weighted by atomic mass is 9.84. The molecule has 0 bridgehead atoms. The Morgan fingerprint density at radius 3 is 0.392 bits per heavy atom. The average molecular weight is 1500 g/mol. The monoisotopic (exact) mass is 1500 g/mol. The molecule has 20 nitrogen and oxygen atoms in total. The molecule has 0 heterocycles. The summed E-state index contributed by atoms with van der Waals surface area (Å²) < 4.78 is 442. The van der Waals surface area contributed by atoms with Crippen LogP contribution in [0, 0.1) is 0 Å². The highest BCUT2D eigenvalue weighted by Gasteiger charge is 2.99. The molecule has 0 aromatic heterocycles. The van der Waals surface area contributed by atoms with Crippen LogP contribution >= 0.6 is 0 Å². The molecular formula is C52H81F25O20. The maximum Gasteiger partial charge on any atom is 0.460 e. The van der Waals surface area contributed by atoms with Crippen molar-refractivity contribution in [2.45, 2.75) is 77.7 Å². The molecule has 45 heteroatoms. The number of aliphatic hydroxyl groups excluding tert-OH is 1. The maximum absolute atomic E-state index is 14.2. The molecule has 0 unspecified atom stereocenters. The van der Waals surface area contributed by atoms with Crippen molar-refractivity contribution in [1.82, 2.24) is 0 Å². The standard InChI is InChI=1S/C52H81F25O20/c53-41(54,42(55,56)43(57,58)44(59,60)45(61,62)46(63,64)47(65,66)48(67,68)49(69,70)50(71,72)51(73,74)52(75,76)77)1-3-79-5-7-81-9-11-83-13-15-85-17-19-87-21-23-89-25-27-91-29-31-93-33-35-95-37-39-97-40-38-96-36-34-94-32-30-92-28-26-90-24-22-88-20-18-86-16-14-84-12-10-82-8-6-80-4-2-78/h78H,1-40H2. The quantitative estimate of drug-likeness (QED) is 0.0451. The van der Waals surface area contributed by atoms with Crippen molar-refractivity contribution in [3.8, 4) is 0 Å². The number of aliphatic hydroxyl groups is 1. The molecule has 0 aliphatic carbocycles. The van der Waals surface area contributed by atoms with Crippen LogP contribution in [-0.2, 0) is 90.0 Å². The van der Waals surface area contributed by atoms with Gasteiger partial charge in [-0.3, -0.25) is 0 Å². The highest BCUT2D eigenvalue weighted by molar-refractivity contribution is 5.19. The van der Waals surface area contributed by atoms with E-state index >= 15 is 0 Å². The SMILES string of the molecule is OCCOCCOCCOCCOCCOCCOCCOCCOCCOCCOCCOCCOCCOCCOCCOCCOCCOCCOCCOCCC(F)(F)C(F)(F)C(F)(F)C(F)(F)C(F)(F)C(F)(F)C(F)(F)C(F)(F)C(F)(F)C(F)(F)C(F)(F)C(F)(F)F. The zero-order valence-electron chi connectivity index (χ0n) is 51.9. The normalized spacial score (nSPS) is 14.0. The number of hydrogen-bond acceptors (Lipinski definition) is 20. The molecule has 0 atom stereocenters. The van der Waals surface area contributed by atoms with Crippen LogP contribution in [0.5, 0.6) is 0 Å². The maximum atomic E-state index is 14.2. The molecule has 97 heavy (non-hydrogen) atoms. The third-order valence-electron chi connectivity index (χ3n) is 11.9. The average Bonchev–Trinajstić information content (AvgIpc) is 0.687. The van der Waals surface area contributed by atoms with Crippen molar-refractivity contribution in [3.05, 3.63) is 0 Å². The van der Waals surface area contributed by atoms with Gasteiger partial charge < -0.3 is 95.1 Å². The summed E-state index contributed by atoms with van der Waals surface area (Å²) in [5.74, 6) is -98.8. The van der Waals surface area contributed by atoms with Crippen LogP contribution in [0.3, 0.4) is 0 Å². The van der Waals surface area contributed by atoms with E-state index in [0.717, 1.165) is 0 Å². The van der Waals surface area contributed by atoms with E-state index < -0.39 is 97.6 Å². The van der Waals surface area contributed by atoms with Gasteiger partial charge in [-0.15, -0.1) is 0 Å². The Balaban J connectivity index is 3.87. The fourth-order valence-electron chi connectivity index (χ4n) is 6.47. The molecule has 1 N–H and O–H groups in total. The number of hydrogen-bond donors (Lipinski definition) is 1. The van der Waals surface area contributed by atoms with Crippen LogP contribution in [0.2, 0.25) is 0 Å². The molecule has 0 amide bonds. The van der Waals surface area contributed by atoms with Crippen molar-refractivity contribution in [1.29, 1.82) is 0 Å². The van der Waals surface area contributed by atoms with Gasteiger partial charge in [0.1, 0.15) is 0 Å². The Kier molecular flexibility index (Phi) is 47.1. The first-order valence-corrected chi connectivity index (χ1v) is 29.1. The molecule has 0 saturated carbocycles. The second kappa shape index (κ2) is 48.4. The zero-order valence-corrected chi connectivity index (χ0v) is 51.9. The predicted octanol–water partition coefficient (Wildman–Crippen LogP) is 8.23. The molecule has 0 radical (unpaired) electrons. The molecule has 0 saturated heterocycles. The summed E-state index contributed by atoms with van der Waals surface area (Å²) in [7, 11) is 0.